The van der Waals surface area contributed by atoms with Crippen molar-refractivity contribution < 1.29 is 17.9 Å². The standard InChI is InChI=1S/C13H14N2O4S2/c1-9-2-3-10(8-14-9)15-21(16,17)11-4-7-20-12(11)13-18-5-6-19-13/h2-4,7-8,13,15H,5-6H2,1H3. The zero-order valence-electron chi connectivity index (χ0n) is 11.3. The average Bonchev–Trinajstić information content (AvgIpc) is 3.11. The monoisotopic (exact) mass is 326 g/mol. The van der Waals surface area contributed by atoms with Crippen LogP contribution in [0.2, 0.25) is 0 Å². The lowest BCUT2D eigenvalue weighted by Crippen LogP contribution is -2.15. The van der Waals surface area contributed by atoms with Crippen LogP contribution in [0.4, 0.5) is 5.69 Å². The molecule has 21 heavy (non-hydrogen) atoms. The molecule has 2 aromatic heterocycles. The van der Waals surface area contributed by atoms with Crippen LogP contribution in [0, 0.1) is 6.92 Å². The summed E-state index contributed by atoms with van der Waals surface area (Å²) in [6.45, 7) is 2.78. The number of pyridine rings is 1. The maximum atomic E-state index is 12.5. The summed E-state index contributed by atoms with van der Waals surface area (Å²) in [6, 6.07) is 4.97. The lowest BCUT2D eigenvalue weighted by molar-refractivity contribution is -0.0431. The number of sulfonamides is 1. The molecule has 0 aliphatic carbocycles. The van der Waals surface area contributed by atoms with Gasteiger partial charge in [-0.3, -0.25) is 9.71 Å². The highest BCUT2D eigenvalue weighted by Crippen LogP contribution is 2.34. The van der Waals surface area contributed by atoms with Crippen LogP contribution in [0.15, 0.2) is 34.7 Å². The Morgan fingerprint density at radius 3 is 2.71 bits per heavy atom. The van der Waals surface area contributed by atoms with Crippen molar-refractivity contribution in [2.75, 3.05) is 17.9 Å². The largest absolute Gasteiger partial charge is 0.345 e. The normalized spacial score (nSPS) is 16.2. The van der Waals surface area contributed by atoms with Gasteiger partial charge in [0, 0.05) is 5.69 Å². The fourth-order valence-corrected chi connectivity index (χ4v) is 4.44. The third-order valence-corrected chi connectivity index (χ3v) is 5.45. The van der Waals surface area contributed by atoms with E-state index in [0.29, 0.717) is 23.8 Å². The van der Waals surface area contributed by atoms with Gasteiger partial charge in [0.1, 0.15) is 4.90 Å². The third-order valence-electron chi connectivity index (χ3n) is 2.95. The number of nitrogens with one attached hydrogen (secondary N) is 1. The Hall–Kier alpha value is -1.48. The Labute approximate surface area is 126 Å². The van der Waals surface area contributed by atoms with E-state index >= 15 is 0 Å². The van der Waals surface area contributed by atoms with Crippen LogP contribution in [-0.2, 0) is 19.5 Å². The average molecular weight is 326 g/mol. The molecule has 1 fully saturated rings. The zero-order valence-corrected chi connectivity index (χ0v) is 12.9. The van der Waals surface area contributed by atoms with Gasteiger partial charge in [0.15, 0.2) is 6.29 Å². The highest BCUT2D eigenvalue weighted by Gasteiger charge is 2.28. The van der Waals surface area contributed by atoms with E-state index in [1.54, 1.807) is 23.6 Å². The number of ether oxygens (including phenoxy) is 2. The predicted molar refractivity (Wildman–Crippen MR) is 78.7 cm³/mol. The van der Waals surface area contributed by atoms with Crippen LogP contribution >= 0.6 is 11.3 Å². The van der Waals surface area contributed by atoms with Gasteiger partial charge in [0.25, 0.3) is 10.0 Å². The summed E-state index contributed by atoms with van der Waals surface area (Å²) in [5, 5.41) is 1.71. The zero-order chi connectivity index (χ0) is 14.9. The minimum absolute atomic E-state index is 0.181. The van der Waals surface area contributed by atoms with E-state index in [1.165, 1.54) is 17.5 Å². The number of hydrogen-bond acceptors (Lipinski definition) is 6. The number of nitrogens with zero attached hydrogens (tertiary/aromatic N) is 1. The van der Waals surface area contributed by atoms with Crippen molar-refractivity contribution in [3.05, 3.63) is 40.3 Å². The molecule has 0 saturated carbocycles. The molecule has 3 rings (SSSR count). The molecule has 1 aliphatic rings. The first kappa shape index (κ1) is 14.5. The molecule has 1 aliphatic heterocycles. The van der Waals surface area contributed by atoms with Crippen molar-refractivity contribution in [3.8, 4) is 0 Å². The van der Waals surface area contributed by atoms with E-state index in [4.69, 9.17) is 9.47 Å². The van der Waals surface area contributed by atoms with Crippen molar-refractivity contribution in [2.45, 2.75) is 18.1 Å². The molecule has 0 amide bonds. The molecule has 112 valence electrons. The Balaban J connectivity index is 1.88. The molecular formula is C13H14N2O4S2. The Morgan fingerprint density at radius 2 is 2.05 bits per heavy atom. The van der Waals surface area contributed by atoms with Gasteiger partial charge < -0.3 is 9.47 Å². The van der Waals surface area contributed by atoms with Gasteiger partial charge in [-0.15, -0.1) is 11.3 Å². The molecule has 8 heteroatoms. The number of aryl methyl sites for hydroxylation is 1. The summed E-state index contributed by atoms with van der Waals surface area (Å²) < 4.78 is 38.2. The molecule has 1 saturated heterocycles. The van der Waals surface area contributed by atoms with Crippen LogP contribution in [0.1, 0.15) is 16.9 Å². The number of thiophene rings is 1. The van der Waals surface area contributed by atoms with Gasteiger partial charge in [0.2, 0.25) is 0 Å². The molecule has 3 heterocycles. The summed E-state index contributed by atoms with van der Waals surface area (Å²) in [6.07, 6.45) is 0.884. The molecule has 2 aromatic rings. The van der Waals surface area contributed by atoms with Crippen molar-refractivity contribution in [1.29, 1.82) is 0 Å². The van der Waals surface area contributed by atoms with E-state index in [1.807, 2.05) is 6.92 Å². The van der Waals surface area contributed by atoms with E-state index < -0.39 is 16.3 Å². The van der Waals surface area contributed by atoms with Gasteiger partial charge >= 0.3 is 0 Å². The minimum Gasteiger partial charge on any atom is -0.345 e. The lowest BCUT2D eigenvalue weighted by Gasteiger charge is -2.12. The molecular weight excluding hydrogens is 312 g/mol. The van der Waals surface area contributed by atoms with Crippen LogP contribution in [0.5, 0.6) is 0 Å². The molecule has 0 spiro atoms. The minimum atomic E-state index is -3.69. The van der Waals surface area contributed by atoms with Gasteiger partial charge in [-0.1, -0.05) is 0 Å². The van der Waals surface area contributed by atoms with Crippen molar-refractivity contribution in [3.63, 3.8) is 0 Å². The topological polar surface area (TPSA) is 77.5 Å². The van der Waals surface area contributed by atoms with Crippen molar-refractivity contribution >= 4 is 27.0 Å². The second-order valence-electron chi connectivity index (χ2n) is 4.52. The highest BCUT2D eigenvalue weighted by atomic mass is 32.2. The Bertz CT molecular complexity index is 719. The Morgan fingerprint density at radius 1 is 1.29 bits per heavy atom. The van der Waals surface area contributed by atoms with Gasteiger partial charge in [-0.2, -0.15) is 0 Å². The SMILES string of the molecule is Cc1ccc(NS(=O)(=O)c2ccsc2C2OCCO2)cn1. The van der Waals surface area contributed by atoms with Gasteiger partial charge in [0.05, 0.1) is 30.0 Å². The van der Waals surface area contributed by atoms with Crippen LogP contribution in [0.3, 0.4) is 0 Å². The predicted octanol–water partition coefficient (Wildman–Crippen LogP) is 2.30. The summed E-state index contributed by atoms with van der Waals surface area (Å²) in [4.78, 5) is 4.81. The summed E-state index contributed by atoms with van der Waals surface area (Å²) in [5.41, 5.74) is 1.24. The van der Waals surface area contributed by atoms with Gasteiger partial charge in [-0.25, -0.2) is 8.42 Å². The second kappa shape index (κ2) is 5.72. The van der Waals surface area contributed by atoms with E-state index in [9.17, 15) is 8.42 Å². The number of anilines is 1. The fraction of sp³-hybridized carbons (Fsp3) is 0.308. The van der Waals surface area contributed by atoms with E-state index in [2.05, 4.69) is 9.71 Å². The number of hydrogen-bond donors (Lipinski definition) is 1. The Kier molecular flexibility index (Phi) is 3.94. The number of rotatable bonds is 4. The maximum absolute atomic E-state index is 12.5. The maximum Gasteiger partial charge on any atom is 0.263 e. The van der Waals surface area contributed by atoms with Gasteiger partial charge in [-0.05, 0) is 30.5 Å². The van der Waals surface area contributed by atoms with Crippen LogP contribution < -0.4 is 4.72 Å². The van der Waals surface area contributed by atoms with Crippen LogP contribution in [0.25, 0.3) is 0 Å². The highest BCUT2D eigenvalue weighted by molar-refractivity contribution is 7.93. The first-order chi connectivity index (χ1) is 10.1. The summed E-state index contributed by atoms with van der Waals surface area (Å²) >= 11 is 1.30. The third kappa shape index (κ3) is 3.08. The molecule has 0 bridgehead atoms. The van der Waals surface area contributed by atoms with E-state index in [-0.39, 0.29) is 4.90 Å². The summed E-state index contributed by atoms with van der Waals surface area (Å²) in [5.74, 6) is 0. The fourth-order valence-electron chi connectivity index (χ4n) is 1.95. The first-order valence-corrected chi connectivity index (χ1v) is 8.68. The van der Waals surface area contributed by atoms with Crippen molar-refractivity contribution in [1.82, 2.24) is 4.98 Å². The smallest absolute Gasteiger partial charge is 0.263 e. The summed E-state index contributed by atoms with van der Waals surface area (Å²) in [7, 11) is -3.69. The molecule has 0 radical (unpaired) electrons. The number of aromatic nitrogens is 1. The lowest BCUT2D eigenvalue weighted by atomic mass is 10.4. The molecule has 0 unspecified atom stereocenters. The molecule has 0 atom stereocenters. The molecule has 0 aromatic carbocycles. The quantitative estimate of drug-likeness (QED) is 0.933. The molecule has 1 N–H and O–H groups in total. The molecule has 6 nitrogen and oxygen atoms in total. The van der Waals surface area contributed by atoms with Crippen LogP contribution in [-0.4, -0.2) is 26.6 Å². The van der Waals surface area contributed by atoms with Crippen molar-refractivity contribution in [2.24, 2.45) is 0 Å². The van der Waals surface area contributed by atoms with E-state index in [0.717, 1.165) is 5.69 Å². The second-order valence-corrected chi connectivity index (χ2v) is 7.11. The first-order valence-electron chi connectivity index (χ1n) is 6.32.